The molecular formula is C28H47N3O15. The van der Waals surface area contributed by atoms with Gasteiger partial charge in [0.1, 0.15) is 18.8 Å². The summed E-state index contributed by atoms with van der Waals surface area (Å²) < 4.78 is 27.0. The van der Waals surface area contributed by atoms with E-state index in [-0.39, 0.29) is 77.4 Å². The minimum atomic E-state index is -1.70. The van der Waals surface area contributed by atoms with Crippen molar-refractivity contribution in [2.45, 2.75) is 109 Å². The number of carbonyl (C=O) groups excluding carboxylic acids is 6. The number of amides is 3. The zero-order chi connectivity index (χ0) is 34.8. The molecule has 18 nitrogen and oxygen atoms in total. The van der Waals surface area contributed by atoms with Gasteiger partial charge in [-0.15, -0.1) is 0 Å². The fourth-order valence-electron chi connectivity index (χ4n) is 4.21. The van der Waals surface area contributed by atoms with Crippen molar-refractivity contribution >= 4 is 35.6 Å². The van der Waals surface area contributed by atoms with Crippen LogP contribution in [0.25, 0.3) is 0 Å². The van der Waals surface area contributed by atoms with E-state index >= 15 is 0 Å². The van der Waals surface area contributed by atoms with Crippen LogP contribution in [0.1, 0.15) is 78.6 Å². The van der Waals surface area contributed by atoms with Crippen LogP contribution in [0, 0.1) is 0 Å². The van der Waals surface area contributed by atoms with Crippen molar-refractivity contribution in [2.24, 2.45) is 0 Å². The lowest BCUT2D eigenvalue weighted by Crippen LogP contribution is -2.61. The summed E-state index contributed by atoms with van der Waals surface area (Å²) in [7, 11) is 1.20. The van der Waals surface area contributed by atoms with Crippen LogP contribution in [-0.4, -0.2) is 136 Å². The average Bonchev–Trinajstić information content (AvgIpc) is 3.04. The van der Waals surface area contributed by atoms with Gasteiger partial charge >= 0.3 is 17.9 Å². The smallest absolute Gasteiger partial charge is 0.306 e. The number of esters is 3. The Labute approximate surface area is 266 Å². The molecule has 1 fully saturated rings. The van der Waals surface area contributed by atoms with Crippen molar-refractivity contribution in [3.8, 4) is 0 Å². The van der Waals surface area contributed by atoms with Crippen molar-refractivity contribution in [3.05, 3.63) is 0 Å². The molecule has 0 aliphatic carbocycles. The second-order valence-electron chi connectivity index (χ2n) is 10.3. The monoisotopic (exact) mass is 665 g/mol. The molecule has 0 unspecified atom stereocenters. The topological polar surface area (TPSA) is 239 Å². The lowest BCUT2D eigenvalue weighted by Gasteiger charge is -2.42. The highest BCUT2D eigenvalue weighted by molar-refractivity contribution is 5.77. The third-order valence-electron chi connectivity index (χ3n) is 6.87. The standard InChI is InChI=1S/C28H47N3O15/c1-5-29(39)19(32)11-8-14-22(35)43-17-18-25(38)26(45-23(36)15-9-12-20(33)30(40)6-2)27(28(42-4)44-18)46-24(37)16-10-13-21(34)31(41)7-3/h18,25-28,38-41H,5-17H2,1-4H3/t18-,25-,26+,27-,28+/m1/s1. The predicted molar refractivity (Wildman–Crippen MR) is 151 cm³/mol. The number of aliphatic hydroxyl groups is 1. The highest BCUT2D eigenvalue weighted by atomic mass is 16.7. The van der Waals surface area contributed by atoms with Gasteiger partial charge in [-0.05, 0) is 40.0 Å². The fraction of sp³-hybridized carbons (Fsp3) is 0.786. The van der Waals surface area contributed by atoms with Crippen LogP contribution in [-0.2, 0) is 52.5 Å². The molecular weight excluding hydrogens is 618 g/mol. The average molecular weight is 666 g/mol. The van der Waals surface area contributed by atoms with Crippen molar-refractivity contribution in [1.82, 2.24) is 15.2 Å². The Kier molecular flexibility index (Phi) is 18.9. The lowest BCUT2D eigenvalue weighted by molar-refractivity contribution is -0.301. The van der Waals surface area contributed by atoms with Crippen LogP contribution in [0.4, 0.5) is 0 Å². The maximum absolute atomic E-state index is 12.7. The first-order valence-corrected chi connectivity index (χ1v) is 15.2. The quantitative estimate of drug-likeness (QED) is 0.0592. The van der Waals surface area contributed by atoms with E-state index in [9.17, 15) is 49.5 Å². The van der Waals surface area contributed by atoms with Crippen molar-refractivity contribution in [3.63, 3.8) is 0 Å². The van der Waals surface area contributed by atoms with Crippen LogP contribution < -0.4 is 0 Å². The largest absolute Gasteiger partial charge is 0.463 e. The number of ether oxygens (including phenoxy) is 5. The lowest BCUT2D eigenvalue weighted by atomic mass is 9.98. The maximum atomic E-state index is 12.7. The first kappa shape index (κ1) is 40.6. The Morgan fingerprint density at radius 1 is 0.630 bits per heavy atom. The van der Waals surface area contributed by atoms with Crippen LogP contribution in [0.2, 0.25) is 0 Å². The number of hydroxylamine groups is 6. The minimum Gasteiger partial charge on any atom is -0.463 e. The molecule has 0 bridgehead atoms. The van der Waals surface area contributed by atoms with Gasteiger partial charge in [0.25, 0.3) is 0 Å². The molecule has 0 aromatic heterocycles. The van der Waals surface area contributed by atoms with E-state index in [1.807, 2.05) is 0 Å². The first-order valence-electron chi connectivity index (χ1n) is 15.2. The molecule has 264 valence electrons. The van der Waals surface area contributed by atoms with Crippen molar-refractivity contribution in [1.29, 1.82) is 0 Å². The molecule has 0 radical (unpaired) electrons. The Hall–Kier alpha value is -3.42. The van der Waals surface area contributed by atoms with Crippen LogP contribution in [0.3, 0.4) is 0 Å². The Bertz CT molecular complexity index is 1010. The molecule has 18 heteroatoms. The SMILES string of the molecule is CCN(O)C(=O)CCCC(=O)OC[C@H]1O[C@H](OC)[C@H](OC(=O)CCCC(=O)N(O)CC)[C@@H](OC(=O)CCCC(=O)N(O)CC)[C@@H]1O. The minimum absolute atomic E-state index is 0.00426. The Morgan fingerprint density at radius 2 is 1.02 bits per heavy atom. The van der Waals surface area contributed by atoms with Gasteiger partial charge in [0.05, 0.1) is 0 Å². The molecule has 0 saturated carbocycles. The van der Waals surface area contributed by atoms with Crippen LogP contribution in [0.5, 0.6) is 0 Å². The Balaban J connectivity index is 2.93. The number of hydrogen-bond donors (Lipinski definition) is 4. The fourth-order valence-corrected chi connectivity index (χ4v) is 4.21. The van der Waals surface area contributed by atoms with Gasteiger partial charge < -0.3 is 28.8 Å². The van der Waals surface area contributed by atoms with Crippen molar-refractivity contribution < 1.29 is 73.2 Å². The van der Waals surface area contributed by atoms with Crippen LogP contribution in [0.15, 0.2) is 0 Å². The first-order chi connectivity index (χ1) is 21.8. The van der Waals surface area contributed by atoms with Gasteiger partial charge in [-0.3, -0.25) is 44.4 Å². The van der Waals surface area contributed by atoms with Gasteiger partial charge in [-0.2, -0.15) is 0 Å². The van der Waals surface area contributed by atoms with Gasteiger partial charge in [-0.25, -0.2) is 15.2 Å². The maximum Gasteiger partial charge on any atom is 0.306 e. The molecule has 1 saturated heterocycles. The summed E-state index contributed by atoms with van der Waals surface area (Å²) >= 11 is 0. The molecule has 3 amide bonds. The third-order valence-corrected chi connectivity index (χ3v) is 6.87. The molecule has 4 N–H and O–H groups in total. The molecule has 1 aliphatic heterocycles. The van der Waals surface area contributed by atoms with Gasteiger partial charge in [0.15, 0.2) is 18.5 Å². The normalized spacial score (nSPS) is 20.7. The van der Waals surface area contributed by atoms with E-state index in [0.717, 1.165) is 0 Å². The summed E-state index contributed by atoms with van der Waals surface area (Å²) in [4.78, 5) is 73.0. The van der Waals surface area contributed by atoms with E-state index < -0.39 is 72.9 Å². The molecule has 0 aromatic carbocycles. The van der Waals surface area contributed by atoms with Gasteiger partial charge in [0.2, 0.25) is 17.7 Å². The molecule has 0 spiro atoms. The van der Waals surface area contributed by atoms with E-state index in [1.54, 1.807) is 20.8 Å². The highest BCUT2D eigenvalue weighted by Crippen LogP contribution is 2.28. The zero-order valence-corrected chi connectivity index (χ0v) is 26.7. The number of hydrogen-bond acceptors (Lipinski definition) is 15. The second-order valence-corrected chi connectivity index (χ2v) is 10.3. The third kappa shape index (κ3) is 13.9. The van der Waals surface area contributed by atoms with Crippen LogP contribution >= 0.6 is 0 Å². The zero-order valence-electron chi connectivity index (χ0n) is 26.7. The molecule has 1 rings (SSSR count). The number of rotatable bonds is 20. The molecule has 46 heavy (non-hydrogen) atoms. The summed E-state index contributed by atoms with van der Waals surface area (Å²) in [6, 6.07) is 0. The summed E-state index contributed by atoms with van der Waals surface area (Å²) in [6.07, 6.45) is -8.59. The van der Waals surface area contributed by atoms with E-state index in [4.69, 9.17) is 23.7 Å². The number of methoxy groups -OCH3 is 1. The van der Waals surface area contributed by atoms with E-state index in [2.05, 4.69) is 0 Å². The summed E-state index contributed by atoms with van der Waals surface area (Å²) in [6.45, 7) is 4.37. The molecule has 1 heterocycles. The summed E-state index contributed by atoms with van der Waals surface area (Å²) in [5, 5.41) is 40.9. The summed E-state index contributed by atoms with van der Waals surface area (Å²) in [5.74, 6) is -4.26. The van der Waals surface area contributed by atoms with E-state index in [1.165, 1.54) is 7.11 Å². The molecule has 0 aromatic rings. The molecule has 5 atom stereocenters. The summed E-state index contributed by atoms with van der Waals surface area (Å²) in [5.41, 5.74) is 0. The number of carbonyl (C=O) groups is 6. The van der Waals surface area contributed by atoms with Crippen molar-refractivity contribution in [2.75, 3.05) is 33.4 Å². The Morgan fingerprint density at radius 3 is 1.41 bits per heavy atom. The number of aliphatic hydroxyl groups excluding tert-OH is 1. The number of nitrogens with zero attached hydrogens (tertiary/aromatic N) is 3. The van der Waals surface area contributed by atoms with Gasteiger partial charge in [-0.1, -0.05) is 0 Å². The highest BCUT2D eigenvalue weighted by Gasteiger charge is 2.50. The van der Waals surface area contributed by atoms with E-state index in [0.29, 0.717) is 15.2 Å². The van der Waals surface area contributed by atoms with Gasteiger partial charge in [0, 0.05) is 65.3 Å². The molecule has 1 aliphatic rings. The predicted octanol–water partition coefficient (Wildman–Crippen LogP) is 0.309. The second kappa shape index (κ2) is 21.4.